The van der Waals surface area contributed by atoms with Gasteiger partial charge in [-0.1, -0.05) is 176 Å². The molecule has 0 unspecified atom stereocenters. The van der Waals surface area contributed by atoms with Crippen LogP contribution in [0.15, 0.2) is 205 Å². The maximum Gasteiger partial charge on any atom is 0.164 e. The molecule has 0 atom stereocenters. The highest BCUT2D eigenvalue weighted by atomic mass is 16.3. The van der Waals surface area contributed by atoms with E-state index in [0.29, 0.717) is 17.5 Å². The van der Waals surface area contributed by atoms with Crippen molar-refractivity contribution >= 4 is 43.5 Å². The molecule has 0 saturated heterocycles. The number of aromatic nitrogens is 3. The van der Waals surface area contributed by atoms with E-state index in [0.717, 1.165) is 60.9 Å². The van der Waals surface area contributed by atoms with Crippen molar-refractivity contribution in [2.75, 3.05) is 0 Å². The summed E-state index contributed by atoms with van der Waals surface area (Å²) in [6.45, 7) is 0. The van der Waals surface area contributed by atoms with Gasteiger partial charge in [-0.05, 0) is 79.2 Å². The average Bonchev–Trinajstić information content (AvgIpc) is 3.68. The van der Waals surface area contributed by atoms with Crippen LogP contribution in [-0.4, -0.2) is 15.0 Å². The molecule has 0 spiro atoms. The summed E-state index contributed by atoms with van der Waals surface area (Å²) in [6, 6.07) is 69.9. The molecule has 2 heterocycles. The van der Waals surface area contributed by atoms with Gasteiger partial charge in [-0.25, -0.2) is 15.0 Å². The van der Waals surface area contributed by atoms with Crippen LogP contribution in [0.25, 0.3) is 111 Å². The van der Waals surface area contributed by atoms with Gasteiger partial charge in [0.15, 0.2) is 17.5 Å². The molecule has 0 radical (unpaired) electrons. The predicted octanol–water partition coefficient (Wildman–Crippen LogP) is 14.1. The molecule has 4 heteroatoms. The van der Waals surface area contributed by atoms with Gasteiger partial charge in [0.1, 0.15) is 11.2 Å². The van der Waals surface area contributed by atoms with E-state index in [4.69, 9.17) is 19.4 Å². The lowest BCUT2D eigenvalue weighted by Crippen LogP contribution is -2.01. The fraction of sp³-hybridized carbons (Fsp3) is 0. The predicted molar refractivity (Wildman–Crippen MR) is 235 cm³/mol. The van der Waals surface area contributed by atoms with E-state index >= 15 is 0 Å². The Bertz CT molecular complexity index is 3280. The van der Waals surface area contributed by atoms with Crippen LogP contribution < -0.4 is 0 Å². The van der Waals surface area contributed by atoms with Crippen LogP contribution in [-0.2, 0) is 0 Å². The lowest BCUT2D eigenvalue weighted by Gasteiger charge is -2.12. The summed E-state index contributed by atoms with van der Waals surface area (Å²) >= 11 is 0. The normalized spacial score (nSPS) is 11.5. The SMILES string of the molecule is c1ccc(-c2nc(-c3ccccc3-c3ccccc3)nc(-c3cccc4oc5ccc(-c6ccc(-c7cc8ccccc8c8ccccc78)cc6)cc5c34)n2)cc1. The van der Waals surface area contributed by atoms with E-state index in [-0.39, 0.29) is 0 Å². The van der Waals surface area contributed by atoms with Gasteiger partial charge in [0.25, 0.3) is 0 Å². The lowest BCUT2D eigenvalue weighted by molar-refractivity contribution is 0.669. The zero-order valence-corrected chi connectivity index (χ0v) is 30.8. The molecule has 266 valence electrons. The van der Waals surface area contributed by atoms with Gasteiger partial charge in [-0.15, -0.1) is 0 Å². The summed E-state index contributed by atoms with van der Waals surface area (Å²) in [5.41, 5.74) is 11.2. The first-order valence-electron chi connectivity index (χ1n) is 19.2. The first-order chi connectivity index (χ1) is 28.2. The number of furan rings is 1. The minimum absolute atomic E-state index is 0.590. The van der Waals surface area contributed by atoms with Crippen molar-refractivity contribution in [2.24, 2.45) is 0 Å². The zero-order chi connectivity index (χ0) is 37.7. The standard InChI is InChI=1S/C53H33N3O/c1-3-14-35(15-4-1)40-19-9-12-23-44(40)52-54-51(37-16-5-2-6-17-37)55-53(56-52)45-24-13-25-49-50(45)47-32-38(30-31-48(47)57-49)34-26-28-36(29-27-34)46-33-39-18-7-8-20-41(39)42-21-10-11-22-43(42)46/h1-33H. The van der Waals surface area contributed by atoms with Gasteiger partial charge in [-0.3, -0.25) is 0 Å². The highest BCUT2D eigenvalue weighted by molar-refractivity contribution is 6.14. The molecule has 0 aliphatic rings. The molecule has 9 aromatic carbocycles. The maximum atomic E-state index is 6.49. The molecule has 57 heavy (non-hydrogen) atoms. The van der Waals surface area contributed by atoms with E-state index in [2.05, 4.69) is 146 Å². The summed E-state index contributed by atoms with van der Waals surface area (Å²) < 4.78 is 6.49. The minimum atomic E-state index is 0.590. The van der Waals surface area contributed by atoms with Gasteiger partial charge in [-0.2, -0.15) is 0 Å². The monoisotopic (exact) mass is 727 g/mol. The quantitative estimate of drug-likeness (QED) is 0.160. The number of hydrogen-bond acceptors (Lipinski definition) is 4. The van der Waals surface area contributed by atoms with Crippen LogP contribution in [0.5, 0.6) is 0 Å². The smallest absolute Gasteiger partial charge is 0.164 e. The van der Waals surface area contributed by atoms with Crippen molar-refractivity contribution in [1.82, 2.24) is 15.0 Å². The first kappa shape index (κ1) is 32.7. The summed E-state index contributed by atoms with van der Waals surface area (Å²) in [7, 11) is 0. The van der Waals surface area contributed by atoms with Crippen molar-refractivity contribution in [3.63, 3.8) is 0 Å². The van der Waals surface area contributed by atoms with Gasteiger partial charge < -0.3 is 4.42 Å². The maximum absolute atomic E-state index is 6.49. The van der Waals surface area contributed by atoms with Crippen molar-refractivity contribution < 1.29 is 4.42 Å². The Morgan fingerprint density at radius 1 is 0.281 bits per heavy atom. The number of benzene rings is 9. The summed E-state index contributed by atoms with van der Waals surface area (Å²) in [5.74, 6) is 1.82. The van der Waals surface area contributed by atoms with Gasteiger partial charge in [0, 0.05) is 27.5 Å². The number of nitrogens with zero attached hydrogens (tertiary/aromatic N) is 3. The molecule has 0 fully saturated rings. The molecular formula is C53H33N3O. The third kappa shape index (κ3) is 5.74. The molecule has 11 aromatic rings. The van der Waals surface area contributed by atoms with Crippen LogP contribution in [0.4, 0.5) is 0 Å². The van der Waals surface area contributed by atoms with Gasteiger partial charge in [0.05, 0.1) is 0 Å². The Balaban J connectivity index is 1.05. The molecule has 0 aliphatic heterocycles. The number of fused-ring (bicyclic) bond motifs is 6. The zero-order valence-electron chi connectivity index (χ0n) is 30.8. The molecule has 0 bridgehead atoms. The van der Waals surface area contributed by atoms with Crippen molar-refractivity contribution in [3.8, 4) is 67.5 Å². The molecule has 2 aromatic heterocycles. The van der Waals surface area contributed by atoms with E-state index < -0.39 is 0 Å². The Labute approximate surface area is 329 Å². The van der Waals surface area contributed by atoms with Crippen LogP contribution in [0.3, 0.4) is 0 Å². The molecule has 0 N–H and O–H groups in total. The third-order valence-corrected chi connectivity index (χ3v) is 11.0. The summed E-state index contributed by atoms with van der Waals surface area (Å²) in [4.78, 5) is 15.4. The Kier molecular flexibility index (Phi) is 7.78. The molecule has 0 saturated carbocycles. The number of rotatable bonds is 6. The Hall–Kier alpha value is -7.69. The second-order valence-electron chi connectivity index (χ2n) is 14.3. The highest BCUT2D eigenvalue weighted by Crippen LogP contribution is 2.40. The van der Waals surface area contributed by atoms with E-state index in [1.165, 1.54) is 32.7 Å². The highest BCUT2D eigenvalue weighted by Gasteiger charge is 2.20. The average molecular weight is 728 g/mol. The second kappa shape index (κ2) is 13.6. The topological polar surface area (TPSA) is 51.8 Å². The van der Waals surface area contributed by atoms with Crippen LogP contribution >= 0.6 is 0 Å². The van der Waals surface area contributed by atoms with Crippen molar-refractivity contribution in [3.05, 3.63) is 200 Å². The fourth-order valence-corrected chi connectivity index (χ4v) is 8.21. The van der Waals surface area contributed by atoms with Crippen molar-refractivity contribution in [2.45, 2.75) is 0 Å². The third-order valence-electron chi connectivity index (χ3n) is 11.0. The Morgan fingerprint density at radius 2 is 0.842 bits per heavy atom. The molecular weight excluding hydrogens is 695 g/mol. The summed E-state index contributed by atoms with van der Waals surface area (Å²) in [5, 5.41) is 7.02. The van der Waals surface area contributed by atoms with E-state index in [1.807, 2.05) is 54.6 Å². The van der Waals surface area contributed by atoms with Gasteiger partial charge >= 0.3 is 0 Å². The molecule has 0 amide bonds. The van der Waals surface area contributed by atoms with Crippen LogP contribution in [0, 0.1) is 0 Å². The first-order valence-corrected chi connectivity index (χ1v) is 19.2. The van der Waals surface area contributed by atoms with Crippen LogP contribution in [0.1, 0.15) is 0 Å². The molecule has 4 nitrogen and oxygen atoms in total. The summed E-state index contributed by atoms with van der Waals surface area (Å²) in [6.07, 6.45) is 0. The van der Waals surface area contributed by atoms with E-state index in [9.17, 15) is 0 Å². The molecule has 11 rings (SSSR count). The fourth-order valence-electron chi connectivity index (χ4n) is 8.21. The van der Waals surface area contributed by atoms with Gasteiger partial charge in [0.2, 0.25) is 0 Å². The lowest BCUT2D eigenvalue weighted by atomic mass is 9.92. The van der Waals surface area contributed by atoms with Crippen LogP contribution in [0.2, 0.25) is 0 Å². The van der Waals surface area contributed by atoms with E-state index in [1.54, 1.807) is 0 Å². The Morgan fingerprint density at radius 3 is 1.63 bits per heavy atom. The molecule has 0 aliphatic carbocycles. The largest absolute Gasteiger partial charge is 0.456 e. The number of hydrogen-bond donors (Lipinski definition) is 0. The second-order valence-corrected chi connectivity index (χ2v) is 14.3. The van der Waals surface area contributed by atoms with Crippen molar-refractivity contribution in [1.29, 1.82) is 0 Å². The minimum Gasteiger partial charge on any atom is -0.456 e.